The van der Waals surface area contributed by atoms with Crippen LogP contribution >= 0.6 is 11.8 Å². The molecule has 2 aromatic carbocycles. The van der Waals surface area contributed by atoms with E-state index in [1.54, 1.807) is 31.4 Å². The van der Waals surface area contributed by atoms with Crippen LogP contribution in [0.25, 0.3) is 0 Å². The fraction of sp³-hybridized carbons (Fsp3) is 0.176. The van der Waals surface area contributed by atoms with Gasteiger partial charge in [-0.15, -0.1) is 11.8 Å². The first kappa shape index (κ1) is 16.2. The highest BCUT2D eigenvalue weighted by Gasteiger charge is 2.25. The van der Waals surface area contributed by atoms with Crippen LogP contribution in [0, 0.1) is 0 Å². The molecule has 0 saturated carbocycles. The summed E-state index contributed by atoms with van der Waals surface area (Å²) in [4.78, 5) is 25.4. The zero-order valence-corrected chi connectivity index (χ0v) is 13.9. The number of thioether (sulfide) groups is 1. The van der Waals surface area contributed by atoms with Gasteiger partial charge in [-0.05, 0) is 24.3 Å². The lowest BCUT2D eigenvalue weighted by Gasteiger charge is -2.15. The maximum Gasteiger partial charge on any atom is 0.319 e. The van der Waals surface area contributed by atoms with Crippen molar-refractivity contribution in [2.75, 3.05) is 23.5 Å². The highest BCUT2D eigenvalue weighted by Crippen LogP contribution is 2.30. The summed E-state index contributed by atoms with van der Waals surface area (Å²) in [6.07, 6.45) is 0. The maximum absolute atomic E-state index is 12.3. The Kier molecular flexibility index (Phi) is 4.90. The van der Waals surface area contributed by atoms with E-state index in [0.29, 0.717) is 17.2 Å². The second-order valence-corrected chi connectivity index (χ2v) is 6.24. The number of carbonyl (C=O) groups excluding carboxylic acids is 2. The standard InChI is InChI=1S/C17H17N3O3S/c1-23-12-6-4-5-11(9-12)18-17(22)20-14-10-24-15-8-3-2-7-13(15)19-16(14)21/h2-9,14H,10H2,1H3,(H,19,21)(H2,18,20,22). The summed E-state index contributed by atoms with van der Waals surface area (Å²) in [6, 6.07) is 13.5. The Morgan fingerprint density at radius 2 is 2.08 bits per heavy atom. The molecular weight excluding hydrogens is 326 g/mol. The molecule has 124 valence electrons. The van der Waals surface area contributed by atoms with Crippen LogP contribution in [0.3, 0.4) is 0 Å². The van der Waals surface area contributed by atoms with Crippen molar-refractivity contribution in [3.05, 3.63) is 48.5 Å². The van der Waals surface area contributed by atoms with E-state index in [4.69, 9.17) is 4.74 Å². The Hall–Kier alpha value is -2.67. The second kappa shape index (κ2) is 7.27. The number of rotatable bonds is 3. The first-order chi connectivity index (χ1) is 11.7. The van der Waals surface area contributed by atoms with E-state index in [2.05, 4.69) is 16.0 Å². The highest BCUT2D eigenvalue weighted by molar-refractivity contribution is 7.99. The molecule has 1 heterocycles. The third-order valence-corrected chi connectivity index (χ3v) is 4.67. The fourth-order valence-electron chi connectivity index (χ4n) is 2.30. The smallest absolute Gasteiger partial charge is 0.319 e. The molecule has 7 heteroatoms. The molecular formula is C17H17N3O3S. The molecule has 3 N–H and O–H groups in total. The van der Waals surface area contributed by atoms with Crippen molar-refractivity contribution in [1.82, 2.24) is 5.32 Å². The molecule has 0 saturated heterocycles. The van der Waals surface area contributed by atoms with Gasteiger partial charge in [-0.2, -0.15) is 0 Å². The van der Waals surface area contributed by atoms with E-state index in [-0.39, 0.29) is 5.91 Å². The second-order valence-electron chi connectivity index (χ2n) is 5.18. The number of anilines is 2. The molecule has 2 aromatic rings. The van der Waals surface area contributed by atoms with Crippen LogP contribution in [0.15, 0.2) is 53.4 Å². The van der Waals surface area contributed by atoms with Crippen LogP contribution < -0.4 is 20.7 Å². The van der Waals surface area contributed by atoms with Gasteiger partial charge in [0.1, 0.15) is 11.8 Å². The number of ether oxygens (including phenoxy) is 1. The lowest BCUT2D eigenvalue weighted by atomic mass is 10.2. The summed E-state index contributed by atoms with van der Waals surface area (Å²) < 4.78 is 5.12. The minimum Gasteiger partial charge on any atom is -0.497 e. The van der Waals surface area contributed by atoms with Crippen LogP contribution in [0.4, 0.5) is 16.2 Å². The van der Waals surface area contributed by atoms with E-state index in [0.717, 1.165) is 10.6 Å². The van der Waals surface area contributed by atoms with Crippen molar-refractivity contribution in [2.24, 2.45) is 0 Å². The van der Waals surface area contributed by atoms with Gasteiger partial charge in [0.05, 0.1) is 12.8 Å². The SMILES string of the molecule is COc1cccc(NC(=O)NC2CSc3ccccc3NC2=O)c1. The number of methoxy groups -OCH3 is 1. The summed E-state index contributed by atoms with van der Waals surface area (Å²) in [6.45, 7) is 0. The number of carbonyl (C=O) groups is 2. The van der Waals surface area contributed by atoms with Crippen LogP contribution in [0.1, 0.15) is 0 Å². The minimum atomic E-state index is -0.618. The highest BCUT2D eigenvalue weighted by atomic mass is 32.2. The van der Waals surface area contributed by atoms with Gasteiger partial charge in [-0.1, -0.05) is 18.2 Å². The average molecular weight is 343 g/mol. The third-order valence-electron chi connectivity index (χ3n) is 3.50. The number of urea groups is 1. The van der Waals surface area contributed by atoms with Gasteiger partial charge >= 0.3 is 6.03 Å². The number of benzene rings is 2. The van der Waals surface area contributed by atoms with Crippen LogP contribution in [0.2, 0.25) is 0 Å². The largest absolute Gasteiger partial charge is 0.497 e. The van der Waals surface area contributed by atoms with Crippen molar-refractivity contribution in [2.45, 2.75) is 10.9 Å². The third kappa shape index (κ3) is 3.80. The molecule has 1 aliphatic heterocycles. The topological polar surface area (TPSA) is 79.5 Å². The Morgan fingerprint density at radius 3 is 2.92 bits per heavy atom. The molecule has 0 aromatic heterocycles. The molecule has 0 radical (unpaired) electrons. The lowest BCUT2D eigenvalue weighted by molar-refractivity contribution is -0.117. The van der Waals surface area contributed by atoms with Crippen molar-refractivity contribution < 1.29 is 14.3 Å². The van der Waals surface area contributed by atoms with E-state index < -0.39 is 12.1 Å². The molecule has 6 nitrogen and oxygen atoms in total. The number of hydrogen-bond donors (Lipinski definition) is 3. The first-order valence-electron chi connectivity index (χ1n) is 7.40. The number of nitrogens with one attached hydrogen (secondary N) is 3. The van der Waals surface area contributed by atoms with Gasteiger partial charge in [0.25, 0.3) is 0 Å². The monoisotopic (exact) mass is 343 g/mol. The Bertz CT molecular complexity index is 766. The van der Waals surface area contributed by atoms with Crippen LogP contribution in [-0.4, -0.2) is 30.8 Å². The summed E-state index contributed by atoms with van der Waals surface area (Å²) in [5.74, 6) is 0.883. The van der Waals surface area contributed by atoms with Crippen molar-refractivity contribution in [3.63, 3.8) is 0 Å². The molecule has 0 spiro atoms. The zero-order chi connectivity index (χ0) is 16.9. The first-order valence-corrected chi connectivity index (χ1v) is 8.38. The normalized spacial score (nSPS) is 16.4. The molecule has 3 rings (SSSR count). The number of para-hydroxylation sites is 1. The van der Waals surface area contributed by atoms with Crippen molar-refractivity contribution in [1.29, 1.82) is 0 Å². The molecule has 0 aliphatic carbocycles. The minimum absolute atomic E-state index is 0.228. The Balaban J connectivity index is 1.63. The lowest BCUT2D eigenvalue weighted by Crippen LogP contribution is -2.46. The molecule has 1 atom stereocenters. The summed E-state index contributed by atoms with van der Waals surface area (Å²) in [5.41, 5.74) is 1.36. The molecule has 24 heavy (non-hydrogen) atoms. The van der Waals surface area contributed by atoms with Crippen molar-refractivity contribution in [3.8, 4) is 5.75 Å². The van der Waals surface area contributed by atoms with Gasteiger partial charge in [-0.25, -0.2) is 4.79 Å². The van der Waals surface area contributed by atoms with Crippen molar-refractivity contribution >= 4 is 35.1 Å². The number of hydrogen-bond acceptors (Lipinski definition) is 4. The van der Waals surface area contributed by atoms with Crippen LogP contribution in [-0.2, 0) is 4.79 Å². The quantitative estimate of drug-likeness (QED) is 0.800. The summed E-state index contributed by atoms with van der Waals surface area (Å²) in [7, 11) is 1.56. The summed E-state index contributed by atoms with van der Waals surface area (Å²) >= 11 is 1.53. The predicted octanol–water partition coefficient (Wildman–Crippen LogP) is 2.93. The van der Waals surface area contributed by atoms with Gasteiger partial charge in [0.15, 0.2) is 0 Å². The summed E-state index contributed by atoms with van der Waals surface area (Å²) in [5, 5.41) is 8.25. The van der Waals surface area contributed by atoms with Gasteiger partial charge in [-0.3, -0.25) is 4.79 Å². The van der Waals surface area contributed by atoms with E-state index in [1.807, 2.05) is 24.3 Å². The molecule has 3 amide bonds. The zero-order valence-electron chi connectivity index (χ0n) is 13.0. The maximum atomic E-state index is 12.3. The number of fused-ring (bicyclic) bond motifs is 1. The number of amides is 3. The molecule has 1 unspecified atom stereocenters. The Labute approximate surface area is 144 Å². The average Bonchev–Trinajstić information content (AvgIpc) is 2.74. The Morgan fingerprint density at radius 1 is 1.25 bits per heavy atom. The van der Waals surface area contributed by atoms with Gasteiger partial charge in [0.2, 0.25) is 5.91 Å². The molecule has 0 fully saturated rings. The van der Waals surface area contributed by atoms with E-state index in [9.17, 15) is 9.59 Å². The molecule has 0 bridgehead atoms. The van der Waals surface area contributed by atoms with E-state index in [1.165, 1.54) is 11.8 Å². The van der Waals surface area contributed by atoms with Gasteiger partial charge < -0.3 is 20.7 Å². The van der Waals surface area contributed by atoms with Crippen LogP contribution in [0.5, 0.6) is 5.75 Å². The predicted molar refractivity (Wildman–Crippen MR) is 94.7 cm³/mol. The van der Waals surface area contributed by atoms with E-state index >= 15 is 0 Å². The fourth-order valence-corrected chi connectivity index (χ4v) is 3.33. The van der Waals surface area contributed by atoms with Gasteiger partial charge in [0, 0.05) is 22.4 Å². The molecule has 1 aliphatic rings.